The Labute approximate surface area is 151 Å². The predicted molar refractivity (Wildman–Crippen MR) is 107 cm³/mol. The van der Waals surface area contributed by atoms with Crippen molar-refractivity contribution in [1.29, 1.82) is 0 Å². The minimum absolute atomic E-state index is 0.705. The monoisotopic (exact) mass is 373 g/mol. The van der Waals surface area contributed by atoms with Crippen LogP contribution in [-0.2, 0) is 6.42 Å². The van der Waals surface area contributed by atoms with Crippen molar-refractivity contribution < 1.29 is 0 Å². The van der Waals surface area contributed by atoms with Crippen LogP contribution in [0.25, 0.3) is 29.3 Å². The van der Waals surface area contributed by atoms with Crippen molar-refractivity contribution in [2.75, 3.05) is 6.54 Å². The van der Waals surface area contributed by atoms with Crippen LogP contribution in [0, 0.1) is 0 Å². The summed E-state index contributed by atoms with van der Waals surface area (Å²) in [7, 11) is 0. The van der Waals surface area contributed by atoms with Crippen molar-refractivity contribution in [3.8, 4) is 29.3 Å². The van der Waals surface area contributed by atoms with Crippen LogP contribution in [0.2, 0.25) is 0 Å². The summed E-state index contributed by atoms with van der Waals surface area (Å²) in [4.78, 5) is 8.12. The zero-order valence-corrected chi connectivity index (χ0v) is 15.6. The molecule has 23 heavy (non-hydrogen) atoms. The summed E-state index contributed by atoms with van der Waals surface area (Å²) in [6.07, 6.45) is 0.952. The van der Waals surface area contributed by atoms with Gasteiger partial charge in [0.1, 0.15) is 0 Å². The van der Waals surface area contributed by atoms with E-state index in [0.717, 1.165) is 6.42 Å². The summed E-state index contributed by atoms with van der Waals surface area (Å²) < 4.78 is 0. The molecular weight excluding hydrogens is 358 g/mol. The van der Waals surface area contributed by atoms with Gasteiger partial charge >= 0.3 is 0 Å². The lowest BCUT2D eigenvalue weighted by molar-refractivity contribution is 0.976. The van der Waals surface area contributed by atoms with Crippen LogP contribution in [0.3, 0.4) is 0 Å². The lowest BCUT2D eigenvalue weighted by Gasteiger charge is -1.99. The molecule has 0 amide bonds. The predicted octanol–water partition coefficient (Wildman–Crippen LogP) is 6.43. The molecule has 116 valence electrons. The van der Waals surface area contributed by atoms with E-state index in [0.29, 0.717) is 6.54 Å². The lowest BCUT2D eigenvalue weighted by atomic mass is 10.2. The number of hydrogen-bond acceptors (Lipinski definition) is 5. The maximum Gasteiger partial charge on any atom is 0.0475 e. The minimum Gasteiger partial charge on any atom is -0.330 e. The second kappa shape index (κ2) is 6.71. The fourth-order valence-corrected chi connectivity index (χ4v) is 6.57. The highest BCUT2D eigenvalue weighted by Crippen LogP contribution is 2.42. The third kappa shape index (κ3) is 3.07. The van der Waals surface area contributed by atoms with E-state index in [-0.39, 0.29) is 0 Å². The molecule has 4 aromatic rings. The largest absolute Gasteiger partial charge is 0.330 e. The SMILES string of the molecule is NCCc1ccsc1-c1ccc(-c2ccc(-c3cccs3)s2)s1. The summed E-state index contributed by atoms with van der Waals surface area (Å²) in [6, 6.07) is 15.5. The van der Waals surface area contributed by atoms with E-state index in [1.165, 1.54) is 34.8 Å². The molecule has 0 saturated carbocycles. The Morgan fingerprint density at radius 1 is 0.696 bits per heavy atom. The van der Waals surface area contributed by atoms with Crippen LogP contribution in [0.1, 0.15) is 5.56 Å². The van der Waals surface area contributed by atoms with Crippen LogP contribution in [0.5, 0.6) is 0 Å². The molecule has 0 aliphatic heterocycles. The summed E-state index contributed by atoms with van der Waals surface area (Å²) in [5.74, 6) is 0. The van der Waals surface area contributed by atoms with Gasteiger partial charge in [-0.3, -0.25) is 0 Å². The highest BCUT2D eigenvalue weighted by Gasteiger charge is 2.12. The van der Waals surface area contributed by atoms with Crippen molar-refractivity contribution in [3.05, 3.63) is 58.8 Å². The Balaban J connectivity index is 1.64. The highest BCUT2D eigenvalue weighted by atomic mass is 32.1. The van der Waals surface area contributed by atoms with Gasteiger partial charge in [-0.25, -0.2) is 0 Å². The molecule has 0 atom stereocenters. The van der Waals surface area contributed by atoms with Crippen molar-refractivity contribution >= 4 is 45.3 Å². The topological polar surface area (TPSA) is 26.0 Å². The van der Waals surface area contributed by atoms with Gasteiger partial charge in [-0.15, -0.1) is 45.3 Å². The maximum atomic E-state index is 5.72. The average molecular weight is 374 g/mol. The van der Waals surface area contributed by atoms with Crippen LogP contribution < -0.4 is 5.73 Å². The molecule has 0 aliphatic carbocycles. The van der Waals surface area contributed by atoms with E-state index in [4.69, 9.17) is 5.73 Å². The number of rotatable bonds is 5. The molecule has 1 nitrogen and oxygen atoms in total. The van der Waals surface area contributed by atoms with Crippen molar-refractivity contribution in [2.45, 2.75) is 6.42 Å². The first-order valence-corrected chi connectivity index (χ1v) is 10.7. The highest BCUT2D eigenvalue weighted by molar-refractivity contribution is 7.28. The van der Waals surface area contributed by atoms with Crippen molar-refractivity contribution in [2.24, 2.45) is 5.73 Å². The molecule has 0 saturated heterocycles. The molecule has 4 heterocycles. The smallest absolute Gasteiger partial charge is 0.0475 e. The van der Waals surface area contributed by atoms with Crippen molar-refractivity contribution in [1.82, 2.24) is 0 Å². The summed E-state index contributed by atoms with van der Waals surface area (Å²) in [6.45, 7) is 0.705. The molecule has 0 aromatic carbocycles. The van der Waals surface area contributed by atoms with Gasteiger partial charge in [-0.1, -0.05) is 6.07 Å². The molecule has 4 aromatic heterocycles. The lowest BCUT2D eigenvalue weighted by Crippen LogP contribution is -2.02. The van der Waals surface area contributed by atoms with Crippen molar-refractivity contribution in [3.63, 3.8) is 0 Å². The Morgan fingerprint density at radius 2 is 1.39 bits per heavy atom. The van der Waals surface area contributed by atoms with Gasteiger partial charge in [0.05, 0.1) is 0 Å². The summed E-state index contributed by atoms with van der Waals surface area (Å²) >= 11 is 7.36. The molecule has 0 radical (unpaired) electrons. The van der Waals surface area contributed by atoms with Gasteiger partial charge in [0, 0.05) is 29.3 Å². The number of hydrogen-bond donors (Lipinski definition) is 1. The summed E-state index contributed by atoms with van der Waals surface area (Å²) in [5, 5.41) is 4.30. The van der Waals surface area contributed by atoms with E-state index in [2.05, 4.69) is 53.2 Å². The fourth-order valence-electron chi connectivity index (χ4n) is 2.52. The quantitative estimate of drug-likeness (QED) is 0.428. The van der Waals surface area contributed by atoms with E-state index in [1.807, 2.05) is 34.0 Å². The van der Waals surface area contributed by atoms with Crippen LogP contribution in [-0.4, -0.2) is 6.54 Å². The van der Waals surface area contributed by atoms with E-state index in [9.17, 15) is 0 Å². The van der Waals surface area contributed by atoms with Gasteiger partial charge in [-0.2, -0.15) is 0 Å². The molecule has 5 heteroatoms. The third-order valence-electron chi connectivity index (χ3n) is 3.60. The fraction of sp³-hybridized carbons (Fsp3) is 0.111. The molecule has 0 fully saturated rings. The first-order chi connectivity index (χ1) is 11.3. The van der Waals surface area contributed by atoms with Crippen LogP contribution in [0.15, 0.2) is 53.2 Å². The molecule has 0 unspecified atom stereocenters. The zero-order valence-electron chi connectivity index (χ0n) is 12.3. The van der Waals surface area contributed by atoms with E-state index >= 15 is 0 Å². The van der Waals surface area contributed by atoms with Crippen LogP contribution in [0.4, 0.5) is 0 Å². The Hall–Kier alpha value is -1.24. The molecule has 0 aliphatic rings. The standard InChI is InChI=1S/C18H15NS4/c19-9-7-12-8-11-21-18(12)17-6-5-16(23-17)15-4-3-14(22-15)13-2-1-10-20-13/h1-6,8,10-11H,7,9,19H2. The van der Waals surface area contributed by atoms with Gasteiger partial charge in [-0.05, 0) is 65.7 Å². The third-order valence-corrected chi connectivity index (χ3v) is 8.17. The molecular formula is C18H15NS4. The average Bonchev–Trinajstić information content (AvgIpc) is 3.32. The second-order valence-electron chi connectivity index (χ2n) is 5.12. The number of nitrogens with two attached hydrogens (primary N) is 1. The first kappa shape index (κ1) is 15.3. The first-order valence-electron chi connectivity index (χ1n) is 7.36. The Kier molecular flexibility index (Phi) is 4.46. The normalized spacial score (nSPS) is 11.2. The van der Waals surface area contributed by atoms with Gasteiger partial charge in [0.2, 0.25) is 0 Å². The second-order valence-corrected chi connectivity index (χ2v) is 9.15. The Morgan fingerprint density at radius 3 is 2.09 bits per heavy atom. The van der Waals surface area contributed by atoms with E-state index in [1.54, 1.807) is 11.3 Å². The minimum atomic E-state index is 0.705. The number of thiophene rings is 4. The van der Waals surface area contributed by atoms with E-state index < -0.39 is 0 Å². The van der Waals surface area contributed by atoms with Crippen LogP contribution >= 0.6 is 45.3 Å². The van der Waals surface area contributed by atoms with Gasteiger partial charge in [0.25, 0.3) is 0 Å². The summed E-state index contributed by atoms with van der Waals surface area (Å²) in [5.41, 5.74) is 7.09. The maximum absolute atomic E-state index is 5.72. The molecule has 4 rings (SSSR count). The molecule has 0 spiro atoms. The van der Waals surface area contributed by atoms with Gasteiger partial charge < -0.3 is 5.73 Å². The Bertz CT molecular complexity index is 895. The molecule has 0 bridgehead atoms. The zero-order chi connectivity index (χ0) is 15.6. The van der Waals surface area contributed by atoms with Gasteiger partial charge in [0.15, 0.2) is 0 Å². The molecule has 2 N–H and O–H groups in total.